The van der Waals surface area contributed by atoms with Crippen molar-refractivity contribution in [2.24, 2.45) is 0 Å². The number of carboxylic acids is 1. The number of furan rings is 1. The number of rotatable bonds is 4. The van der Waals surface area contributed by atoms with Gasteiger partial charge < -0.3 is 14.8 Å². The average Bonchev–Trinajstić information content (AvgIpc) is 2.89. The molecular weight excluding hydrogens is 329 g/mol. The van der Waals surface area contributed by atoms with Gasteiger partial charge in [0.1, 0.15) is 17.2 Å². The molecule has 0 saturated heterocycles. The number of nitrogens with one attached hydrogen (secondary N) is 1. The van der Waals surface area contributed by atoms with Crippen LogP contribution in [0, 0.1) is 0 Å². The summed E-state index contributed by atoms with van der Waals surface area (Å²) in [6, 6.07) is 8.26. The molecule has 0 atom stereocenters. The van der Waals surface area contributed by atoms with Gasteiger partial charge >= 0.3 is 5.97 Å². The van der Waals surface area contributed by atoms with Crippen LogP contribution in [-0.4, -0.2) is 17.0 Å². The maximum Gasteiger partial charge on any atom is 0.352 e. The van der Waals surface area contributed by atoms with Gasteiger partial charge in [0.15, 0.2) is 0 Å². The molecule has 2 rings (SSSR count). The van der Waals surface area contributed by atoms with Gasteiger partial charge in [-0.15, -0.1) is 0 Å². The molecule has 0 fully saturated rings. The summed E-state index contributed by atoms with van der Waals surface area (Å²) in [6.45, 7) is 1.22. The van der Waals surface area contributed by atoms with Crippen LogP contribution in [0.2, 0.25) is 10.0 Å². The normalized spacial score (nSPS) is 11.3. The zero-order chi connectivity index (χ0) is 16.3. The topological polar surface area (TPSA) is 79.5 Å². The summed E-state index contributed by atoms with van der Waals surface area (Å²) in [5.41, 5.74) is 0.424. The minimum Gasteiger partial charge on any atom is -0.477 e. The lowest BCUT2D eigenvalue weighted by atomic mass is 10.2. The Morgan fingerprint density at radius 3 is 2.50 bits per heavy atom. The first-order chi connectivity index (χ1) is 10.4. The third kappa shape index (κ3) is 3.90. The van der Waals surface area contributed by atoms with Gasteiger partial charge in [-0.25, -0.2) is 4.79 Å². The van der Waals surface area contributed by atoms with E-state index in [0.29, 0.717) is 21.4 Å². The van der Waals surface area contributed by atoms with Crippen LogP contribution in [-0.2, 0) is 9.59 Å². The Bertz CT molecular complexity index is 765. The van der Waals surface area contributed by atoms with Crippen molar-refractivity contribution in [1.29, 1.82) is 0 Å². The molecule has 0 aliphatic heterocycles. The average molecular weight is 340 g/mol. The zero-order valence-electron chi connectivity index (χ0n) is 11.4. The van der Waals surface area contributed by atoms with E-state index in [2.05, 4.69) is 5.32 Å². The number of carboxylic acid groups (broad SMARTS) is 1. The van der Waals surface area contributed by atoms with Crippen LogP contribution >= 0.6 is 23.2 Å². The highest BCUT2D eigenvalue weighted by molar-refractivity contribution is 6.42. The molecule has 5 nitrogen and oxygen atoms in total. The molecule has 1 heterocycles. The number of hydrogen-bond acceptors (Lipinski definition) is 3. The van der Waals surface area contributed by atoms with Gasteiger partial charge in [-0.1, -0.05) is 23.2 Å². The molecule has 0 unspecified atom stereocenters. The maximum atomic E-state index is 11.0. The molecule has 1 aromatic carbocycles. The highest BCUT2D eigenvalue weighted by Gasteiger charge is 2.11. The summed E-state index contributed by atoms with van der Waals surface area (Å²) >= 11 is 11.8. The fraction of sp³-hybridized carbons (Fsp3) is 0.0667. The molecule has 114 valence electrons. The Labute approximate surface area is 136 Å². The van der Waals surface area contributed by atoms with Gasteiger partial charge in [-0.3, -0.25) is 4.79 Å². The van der Waals surface area contributed by atoms with E-state index in [0.717, 1.165) is 0 Å². The van der Waals surface area contributed by atoms with Crippen molar-refractivity contribution in [2.75, 3.05) is 0 Å². The van der Waals surface area contributed by atoms with E-state index in [1.54, 1.807) is 30.3 Å². The standard InChI is InChI=1S/C15H11Cl2NO4/c1-8(19)18-13(15(20)21)7-10-3-5-14(22-10)9-2-4-11(16)12(17)6-9/h2-7H,1H3,(H,18,19)(H,20,21)/b13-7+. The first-order valence-electron chi connectivity index (χ1n) is 6.14. The first kappa shape index (κ1) is 16.1. The van der Waals surface area contributed by atoms with Crippen LogP contribution < -0.4 is 5.32 Å². The van der Waals surface area contributed by atoms with Crippen LogP contribution in [0.1, 0.15) is 12.7 Å². The third-order valence-corrected chi connectivity index (χ3v) is 3.40. The Kier molecular flexibility index (Phi) is 4.90. The zero-order valence-corrected chi connectivity index (χ0v) is 12.9. The molecule has 22 heavy (non-hydrogen) atoms. The highest BCUT2D eigenvalue weighted by atomic mass is 35.5. The number of carbonyl (C=O) groups is 2. The summed E-state index contributed by atoms with van der Waals surface area (Å²) in [6.07, 6.45) is 1.23. The molecule has 0 spiro atoms. The predicted molar refractivity (Wildman–Crippen MR) is 83.6 cm³/mol. The predicted octanol–water partition coefficient (Wildman–Crippen LogP) is 3.82. The summed E-state index contributed by atoms with van der Waals surface area (Å²) in [5.74, 6) is -0.961. The van der Waals surface area contributed by atoms with Gasteiger partial charge in [0.05, 0.1) is 10.0 Å². The number of carbonyl (C=O) groups excluding carboxylic acids is 1. The van der Waals surface area contributed by atoms with Crippen LogP contribution in [0.25, 0.3) is 17.4 Å². The molecule has 2 N–H and O–H groups in total. The van der Waals surface area contributed by atoms with Crippen LogP contribution in [0.15, 0.2) is 40.4 Å². The monoisotopic (exact) mass is 339 g/mol. The van der Waals surface area contributed by atoms with Crippen molar-refractivity contribution < 1.29 is 19.1 Å². The summed E-state index contributed by atoms with van der Waals surface area (Å²) < 4.78 is 5.53. The molecule has 0 aliphatic rings. The number of halogens is 2. The second-order valence-electron chi connectivity index (χ2n) is 4.38. The molecule has 1 amide bonds. The van der Waals surface area contributed by atoms with Crippen molar-refractivity contribution in [3.05, 3.63) is 51.8 Å². The van der Waals surface area contributed by atoms with Crippen molar-refractivity contribution in [3.63, 3.8) is 0 Å². The molecule has 1 aromatic heterocycles. The van der Waals surface area contributed by atoms with E-state index in [-0.39, 0.29) is 11.5 Å². The van der Waals surface area contributed by atoms with E-state index in [1.165, 1.54) is 13.0 Å². The Balaban J connectivity index is 2.32. The van der Waals surface area contributed by atoms with E-state index < -0.39 is 11.9 Å². The van der Waals surface area contributed by atoms with Crippen molar-refractivity contribution in [1.82, 2.24) is 5.32 Å². The number of aliphatic carboxylic acids is 1. The van der Waals surface area contributed by atoms with Gasteiger partial charge in [-0.2, -0.15) is 0 Å². The minimum absolute atomic E-state index is 0.275. The lowest BCUT2D eigenvalue weighted by Gasteiger charge is -2.02. The van der Waals surface area contributed by atoms with E-state index in [1.807, 2.05) is 0 Å². The number of hydrogen-bond donors (Lipinski definition) is 2. The van der Waals surface area contributed by atoms with Crippen LogP contribution in [0.3, 0.4) is 0 Å². The van der Waals surface area contributed by atoms with E-state index in [9.17, 15) is 9.59 Å². The quantitative estimate of drug-likeness (QED) is 0.830. The summed E-state index contributed by atoms with van der Waals surface area (Å²) in [5, 5.41) is 12.0. The lowest BCUT2D eigenvalue weighted by molar-refractivity contribution is -0.134. The van der Waals surface area contributed by atoms with Crippen molar-refractivity contribution >= 4 is 41.2 Å². The van der Waals surface area contributed by atoms with E-state index >= 15 is 0 Å². The van der Waals surface area contributed by atoms with Crippen molar-refractivity contribution in [2.45, 2.75) is 6.92 Å². The molecule has 0 saturated carbocycles. The second kappa shape index (κ2) is 6.68. The number of benzene rings is 1. The second-order valence-corrected chi connectivity index (χ2v) is 5.19. The fourth-order valence-electron chi connectivity index (χ4n) is 1.72. The van der Waals surface area contributed by atoms with E-state index in [4.69, 9.17) is 32.7 Å². The molecule has 0 bridgehead atoms. The Morgan fingerprint density at radius 2 is 1.91 bits per heavy atom. The van der Waals surface area contributed by atoms with Gasteiger partial charge in [0, 0.05) is 18.6 Å². The lowest BCUT2D eigenvalue weighted by Crippen LogP contribution is -2.24. The molecule has 2 aromatic rings. The van der Waals surface area contributed by atoms with Crippen molar-refractivity contribution in [3.8, 4) is 11.3 Å². The minimum atomic E-state index is -1.26. The van der Waals surface area contributed by atoms with Crippen LogP contribution in [0.4, 0.5) is 0 Å². The Hall–Kier alpha value is -2.24. The maximum absolute atomic E-state index is 11.0. The molecule has 0 radical (unpaired) electrons. The largest absolute Gasteiger partial charge is 0.477 e. The highest BCUT2D eigenvalue weighted by Crippen LogP contribution is 2.29. The van der Waals surface area contributed by atoms with Gasteiger partial charge in [0.25, 0.3) is 0 Å². The molecular formula is C15H11Cl2NO4. The summed E-state index contributed by atoms with van der Waals surface area (Å²) in [7, 11) is 0. The Morgan fingerprint density at radius 1 is 1.18 bits per heavy atom. The number of amides is 1. The van der Waals surface area contributed by atoms with Crippen LogP contribution in [0.5, 0.6) is 0 Å². The van der Waals surface area contributed by atoms with Gasteiger partial charge in [0.2, 0.25) is 5.91 Å². The smallest absolute Gasteiger partial charge is 0.352 e. The molecule has 0 aliphatic carbocycles. The first-order valence-corrected chi connectivity index (χ1v) is 6.90. The fourth-order valence-corrected chi connectivity index (χ4v) is 2.02. The molecule has 7 heteroatoms. The third-order valence-electron chi connectivity index (χ3n) is 2.66. The summed E-state index contributed by atoms with van der Waals surface area (Å²) in [4.78, 5) is 22.0. The van der Waals surface area contributed by atoms with Gasteiger partial charge in [-0.05, 0) is 30.3 Å². The SMILES string of the molecule is CC(=O)N/C(=C/c1ccc(-c2ccc(Cl)c(Cl)c2)o1)C(=O)O.